The zero-order valence-corrected chi connectivity index (χ0v) is 13.1. The minimum absolute atomic E-state index is 0.00503. The first kappa shape index (κ1) is 17.8. The van der Waals surface area contributed by atoms with Crippen LogP contribution >= 0.6 is 11.6 Å². The molecule has 0 spiro atoms. The maximum atomic E-state index is 12.9. The number of nitrogens with one attached hydrogen (secondary N) is 1. The molecule has 1 N–H and O–H groups in total. The normalized spacial score (nSPS) is 16.3. The summed E-state index contributed by atoms with van der Waals surface area (Å²) in [7, 11) is 0. The van der Waals surface area contributed by atoms with Gasteiger partial charge in [-0.25, -0.2) is 4.98 Å². The molecule has 5 nitrogen and oxygen atoms in total. The number of alkyl halides is 3. The van der Waals surface area contributed by atoms with Gasteiger partial charge in [0.2, 0.25) is 5.91 Å². The quantitative estimate of drug-likeness (QED) is 0.654. The molecule has 0 aliphatic carbocycles. The topological polar surface area (TPSA) is 54.5 Å². The summed E-state index contributed by atoms with van der Waals surface area (Å²) in [4.78, 5) is 16.9. The van der Waals surface area contributed by atoms with Crippen molar-refractivity contribution in [3.05, 3.63) is 23.0 Å². The summed E-state index contributed by atoms with van der Waals surface area (Å²) in [6.45, 7) is 2.16. The fourth-order valence-corrected chi connectivity index (χ4v) is 2.41. The lowest BCUT2D eigenvalue weighted by molar-refractivity contribution is -0.137. The van der Waals surface area contributed by atoms with Crippen molar-refractivity contribution in [2.75, 3.05) is 38.2 Å². The van der Waals surface area contributed by atoms with E-state index in [1.165, 1.54) is 0 Å². The fraction of sp³-hybridized carbons (Fsp3) is 0.571. The number of halogens is 4. The Bertz CT molecular complexity index is 555. The Balaban J connectivity index is 1.89. The smallest absolute Gasteiger partial charge is 0.384 e. The van der Waals surface area contributed by atoms with Gasteiger partial charge in [0.15, 0.2) is 0 Å². The predicted molar refractivity (Wildman–Crippen MR) is 79.4 cm³/mol. The molecule has 0 saturated carbocycles. The number of nitrogens with zero attached hydrogens (tertiary/aromatic N) is 2. The highest BCUT2D eigenvalue weighted by molar-refractivity contribution is 6.29. The van der Waals surface area contributed by atoms with E-state index in [2.05, 4.69) is 10.3 Å². The van der Waals surface area contributed by atoms with Crippen LogP contribution in [0.2, 0.25) is 5.15 Å². The molecule has 0 atom stereocenters. The first-order valence-corrected chi connectivity index (χ1v) is 7.58. The number of aromatic nitrogens is 1. The summed E-state index contributed by atoms with van der Waals surface area (Å²) >= 11 is 5.65. The monoisotopic (exact) mass is 351 g/mol. The van der Waals surface area contributed by atoms with Crippen LogP contribution in [-0.2, 0) is 15.7 Å². The maximum Gasteiger partial charge on any atom is 0.419 e. The lowest BCUT2D eigenvalue weighted by atomic mass is 10.2. The zero-order chi connectivity index (χ0) is 16.9. The third-order valence-electron chi connectivity index (χ3n) is 3.41. The second kappa shape index (κ2) is 7.83. The summed E-state index contributed by atoms with van der Waals surface area (Å²) in [6, 6.07) is 1.15. The van der Waals surface area contributed by atoms with Crippen molar-refractivity contribution in [3.8, 4) is 0 Å². The van der Waals surface area contributed by atoms with Crippen molar-refractivity contribution >= 4 is 23.2 Å². The Labute approximate surface area is 136 Å². The lowest BCUT2D eigenvalue weighted by Gasteiger charge is -2.20. The van der Waals surface area contributed by atoms with E-state index in [1.807, 2.05) is 0 Å². The number of ether oxygens (including phenoxy) is 1. The molecule has 23 heavy (non-hydrogen) atoms. The van der Waals surface area contributed by atoms with Crippen LogP contribution in [0, 0.1) is 0 Å². The molecule has 2 rings (SSSR count). The third kappa shape index (κ3) is 5.24. The van der Waals surface area contributed by atoms with Gasteiger partial charge >= 0.3 is 6.18 Å². The molecule has 9 heteroatoms. The molecular formula is C14H17ClF3N3O2. The summed E-state index contributed by atoms with van der Waals surface area (Å²) in [5.41, 5.74) is -0.968. The predicted octanol–water partition coefficient (Wildman–Crippen LogP) is 2.80. The minimum Gasteiger partial charge on any atom is -0.384 e. The molecule has 0 bridgehead atoms. The lowest BCUT2D eigenvalue weighted by Crippen LogP contribution is -2.33. The first-order chi connectivity index (χ1) is 10.9. The fourth-order valence-electron chi connectivity index (χ4n) is 2.25. The van der Waals surface area contributed by atoms with E-state index in [0.29, 0.717) is 45.3 Å². The van der Waals surface area contributed by atoms with Gasteiger partial charge in [-0.15, -0.1) is 0 Å². The van der Waals surface area contributed by atoms with Gasteiger partial charge in [-0.05, 0) is 12.5 Å². The third-order valence-corrected chi connectivity index (χ3v) is 3.62. The number of amides is 1. The van der Waals surface area contributed by atoms with Gasteiger partial charge in [-0.2, -0.15) is 13.2 Å². The average molecular weight is 352 g/mol. The van der Waals surface area contributed by atoms with E-state index >= 15 is 0 Å². The van der Waals surface area contributed by atoms with Crippen molar-refractivity contribution in [1.82, 2.24) is 9.88 Å². The number of carbonyl (C=O) groups excluding carboxylic acids is 1. The second-order valence-electron chi connectivity index (χ2n) is 5.07. The number of rotatable bonds is 5. The Kier molecular flexibility index (Phi) is 6.06. The van der Waals surface area contributed by atoms with E-state index in [0.717, 1.165) is 6.07 Å². The van der Waals surface area contributed by atoms with Crippen LogP contribution in [0.1, 0.15) is 18.4 Å². The minimum atomic E-state index is -4.50. The van der Waals surface area contributed by atoms with E-state index in [4.69, 9.17) is 16.3 Å². The van der Waals surface area contributed by atoms with Crippen LogP contribution in [0.5, 0.6) is 0 Å². The molecule has 0 radical (unpaired) electrons. The van der Waals surface area contributed by atoms with E-state index in [-0.39, 0.29) is 23.3 Å². The van der Waals surface area contributed by atoms with E-state index in [1.54, 1.807) is 4.90 Å². The molecule has 0 aromatic carbocycles. The van der Waals surface area contributed by atoms with Crippen LogP contribution in [0.25, 0.3) is 0 Å². The highest BCUT2D eigenvalue weighted by Crippen LogP contribution is 2.35. The number of carbonyl (C=O) groups is 1. The van der Waals surface area contributed by atoms with Crippen molar-refractivity contribution in [2.45, 2.75) is 19.0 Å². The molecule has 128 valence electrons. The Morgan fingerprint density at radius 2 is 2.17 bits per heavy atom. The number of anilines is 1. The average Bonchev–Trinajstić information content (AvgIpc) is 2.67. The van der Waals surface area contributed by atoms with Crippen LogP contribution < -0.4 is 5.32 Å². The van der Waals surface area contributed by atoms with Crippen molar-refractivity contribution in [3.63, 3.8) is 0 Å². The van der Waals surface area contributed by atoms with E-state index < -0.39 is 11.7 Å². The van der Waals surface area contributed by atoms with Crippen LogP contribution in [0.4, 0.5) is 18.9 Å². The number of pyridine rings is 1. The molecular weight excluding hydrogens is 335 g/mol. The van der Waals surface area contributed by atoms with Gasteiger partial charge in [-0.3, -0.25) is 4.79 Å². The maximum absolute atomic E-state index is 12.9. The van der Waals surface area contributed by atoms with Gasteiger partial charge in [0.1, 0.15) is 5.15 Å². The van der Waals surface area contributed by atoms with Crippen molar-refractivity contribution in [2.24, 2.45) is 0 Å². The van der Waals surface area contributed by atoms with Gasteiger partial charge in [0, 0.05) is 25.8 Å². The zero-order valence-electron chi connectivity index (χ0n) is 12.3. The number of hydrogen-bond donors (Lipinski definition) is 1. The molecule has 1 aromatic heterocycles. The molecule has 1 aromatic rings. The summed E-state index contributed by atoms with van der Waals surface area (Å²) in [6.07, 6.45) is -2.94. The molecule has 2 heterocycles. The van der Waals surface area contributed by atoms with Gasteiger partial charge in [0.05, 0.1) is 30.9 Å². The Morgan fingerprint density at radius 1 is 1.39 bits per heavy atom. The molecule has 0 unspecified atom stereocenters. The van der Waals surface area contributed by atoms with Crippen LogP contribution in [0.3, 0.4) is 0 Å². The summed E-state index contributed by atoms with van der Waals surface area (Å²) in [5, 5.41) is 2.70. The Morgan fingerprint density at radius 3 is 2.91 bits per heavy atom. The molecule has 1 amide bonds. The molecule has 1 aliphatic heterocycles. The van der Waals surface area contributed by atoms with Crippen LogP contribution in [-0.4, -0.2) is 48.6 Å². The van der Waals surface area contributed by atoms with Crippen molar-refractivity contribution < 1.29 is 22.7 Å². The summed E-state index contributed by atoms with van der Waals surface area (Å²) < 4.78 is 43.9. The van der Waals surface area contributed by atoms with Gasteiger partial charge in [-0.1, -0.05) is 11.6 Å². The summed E-state index contributed by atoms with van der Waals surface area (Å²) in [5.74, 6) is 0.00503. The first-order valence-electron chi connectivity index (χ1n) is 7.20. The highest BCUT2D eigenvalue weighted by atomic mass is 35.5. The van der Waals surface area contributed by atoms with Crippen LogP contribution in [0.15, 0.2) is 12.3 Å². The highest BCUT2D eigenvalue weighted by Gasteiger charge is 2.34. The molecule has 1 aliphatic rings. The molecule has 1 saturated heterocycles. The van der Waals surface area contributed by atoms with Crippen molar-refractivity contribution in [1.29, 1.82) is 0 Å². The van der Waals surface area contributed by atoms with Gasteiger partial charge < -0.3 is 15.0 Å². The SMILES string of the molecule is O=C1CCOCCN1CCCNc1cc(Cl)ncc1C(F)(F)F. The second-order valence-corrected chi connectivity index (χ2v) is 5.46. The largest absolute Gasteiger partial charge is 0.419 e. The van der Waals surface area contributed by atoms with Gasteiger partial charge in [0.25, 0.3) is 0 Å². The standard InChI is InChI=1S/C14H17ClF3N3O2/c15-12-8-11(10(9-20-12)14(16,17)18)19-3-1-4-21-5-7-23-6-2-13(21)22/h8-9H,1-7H2,(H,19,20). The molecule has 1 fully saturated rings. The van der Waals surface area contributed by atoms with E-state index in [9.17, 15) is 18.0 Å². The Hall–Kier alpha value is -1.54. The number of hydrogen-bond acceptors (Lipinski definition) is 4.